The number of anilines is 2. The van der Waals surface area contributed by atoms with Crippen LogP contribution in [0.1, 0.15) is 17.0 Å². The lowest BCUT2D eigenvalue weighted by Gasteiger charge is -2.36. The Morgan fingerprint density at radius 3 is 2.48 bits per heavy atom. The van der Waals surface area contributed by atoms with Crippen LogP contribution in [0.3, 0.4) is 0 Å². The molecule has 1 aliphatic rings. The largest absolute Gasteiger partial charge is 0.407 e. The Morgan fingerprint density at radius 2 is 1.81 bits per heavy atom. The highest BCUT2D eigenvalue weighted by Crippen LogP contribution is 2.25. The summed E-state index contributed by atoms with van der Waals surface area (Å²) in [7, 11) is 0. The first-order valence-corrected chi connectivity index (χ1v) is 7.67. The van der Waals surface area contributed by atoms with Crippen LogP contribution in [0.5, 0.6) is 0 Å². The maximum absolute atomic E-state index is 5.69. The average Bonchev–Trinajstić information content (AvgIpc) is 2.99. The highest BCUT2D eigenvalue weighted by atomic mass is 35.5. The molecule has 2 aromatic rings. The molecule has 1 saturated heterocycles. The van der Waals surface area contributed by atoms with E-state index in [1.165, 1.54) is 16.8 Å². The molecule has 0 spiro atoms. The minimum atomic E-state index is 0.259. The summed E-state index contributed by atoms with van der Waals surface area (Å²) < 4.78 is 5.51. The van der Waals surface area contributed by atoms with Gasteiger partial charge in [0.15, 0.2) is 0 Å². The van der Waals surface area contributed by atoms with E-state index < -0.39 is 0 Å². The van der Waals surface area contributed by atoms with Gasteiger partial charge in [0, 0.05) is 31.9 Å². The lowest BCUT2D eigenvalue weighted by Crippen LogP contribution is -2.47. The van der Waals surface area contributed by atoms with Crippen LogP contribution in [0.15, 0.2) is 22.6 Å². The zero-order chi connectivity index (χ0) is 14.8. The van der Waals surface area contributed by atoms with E-state index in [9.17, 15) is 0 Å². The summed E-state index contributed by atoms with van der Waals surface area (Å²) in [5.74, 6) is 0.735. The monoisotopic (exact) mass is 306 g/mol. The van der Waals surface area contributed by atoms with E-state index in [0.717, 1.165) is 26.2 Å². The van der Waals surface area contributed by atoms with Gasteiger partial charge in [-0.1, -0.05) is 17.2 Å². The Morgan fingerprint density at radius 1 is 1.10 bits per heavy atom. The molecule has 1 fully saturated rings. The molecule has 5 nitrogen and oxygen atoms in total. The van der Waals surface area contributed by atoms with Crippen molar-refractivity contribution in [3.63, 3.8) is 0 Å². The van der Waals surface area contributed by atoms with Crippen molar-refractivity contribution in [3.05, 3.63) is 35.2 Å². The van der Waals surface area contributed by atoms with E-state index in [0.29, 0.717) is 11.9 Å². The molecule has 2 heterocycles. The molecule has 0 amide bonds. The lowest BCUT2D eigenvalue weighted by atomic mass is 10.1. The molecule has 0 radical (unpaired) electrons. The van der Waals surface area contributed by atoms with Crippen LogP contribution in [0.2, 0.25) is 0 Å². The number of halogens is 1. The van der Waals surface area contributed by atoms with E-state index in [4.69, 9.17) is 16.0 Å². The van der Waals surface area contributed by atoms with Crippen molar-refractivity contribution in [3.8, 4) is 0 Å². The van der Waals surface area contributed by atoms with Gasteiger partial charge in [-0.2, -0.15) is 0 Å². The smallest absolute Gasteiger partial charge is 0.318 e. The van der Waals surface area contributed by atoms with Crippen LogP contribution in [0.4, 0.5) is 11.7 Å². The van der Waals surface area contributed by atoms with Gasteiger partial charge in [-0.15, -0.1) is 16.7 Å². The topological polar surface area (TPSA) is 45.4 Å². The van der Waals surface area contributed by atoms with Crippen molar-refractivity contribution in [2.45, 2.75) is 19.7 Å². The van der Waals surface area contributed by atoms with Gasteiger partial charge in [-0.25, -0.2) is 0 Å². The number of alkyl halides is 1. The zero-order valence-electron chi connectivity index (χ0n) is 12.3. The number of aromatic nitrogens is 2. The Balaban J connectivity index is 1.68. The third-order valence-electron chi connectivity index (χ3n) is 4.04. The van der Waals surface area contributed by atoms with E-state index >= 15 is 0 Å². The van der Waals surface area contributed by atoms with E-state index in [1.54, 1.807) is 0 Å². The first kappa shape index (κ1) is 14.2. The maximum atomic E-state index is 5.69. The fourth-order valence-corrected chi connectivity index (χ4v) is 2.75. The summed E-state index contributed by atoms with van der Waals surface area (Å²) in [6.45, 7) is 7.98. The average molecular weight is 307 g/mol. The molecule has 21 heavy (non-hydrogen) atoms. The van der Waals surface area contributed by atoms with E-state index in [1.807, 2.05) is 0 Å². The van der Waals surface area contributed by atoms with Crippen LogP contribution >= 0.6 is 11.6 Å². The second-order valence-corrected chi connectivity index (χ2v) is 5.57. The van der Waals surface area contributed by atoms with Crippen molar-refractivity contribution in [1.29, 1.82) is 0 Å². The second kappa shape index (κ2) is 5.93. The van der Waals surface area contributed by atoms with Gasteiger partial charge in [-0.05, 0) is 31.0 Å². The van der Waals surface area contributed by atoms with Crippen LogP contribution in [0.25, 0.3) is 0 Å². The fourth-order valence-electron chi connectivity index (χ4n) is 2.64. The van der Waals surface area contributed by atoms with Gasteiger partial charge in [0.1, 0.15) is 5.88 Å². The first-order chi connectivity index (χ1) is 10.2. The minimum absolute atomic E-state index is 0.259. The highest BCUT2D eigenvalue weighted by Gasteiger charge is 2.22. The molecule has 0 saturated carbocycles. The summed E-state index contributed by atoms with van der Waals surface area (Å²) in [5, 5.41) is 7.96. The number of aryl methyl sites for hydroxylation is 1. The number of benzene rings is 1. The summed E-state index contributed by atoms with van der Waals surface area (Å²) in [5.41, 5.74) is 4.01. The molecule has 0 N–H and O–H groups in total. The van der Waals surface area contributed by atoms with E-state index in [2.05, 4.69) is 52.0 Å². The molecule has 1 aliphatic heterocycles. The quantitative estimate of drug-likeness (QED) is 0.816. The molecule has 0 bridgehead atoms. The van der Waals surface area contributed by atoms with Crippen molar-refractivity contribution >= 4 is 23.3 Å². The van der Waals surface area contributed by atoms with Crippen molar-refractivity contribution in [2.75, 3.05) is 36.0 Å². The molecule has 3 rings (SSSR count). The Bertz CT molecular complexity index is 620. The predicted molar refractivity (Wildman–Crippen MR) is 84.2 cm³/mol. The number of hydrogen-bond donors (Lipinski definition) is 0. The number of piperazine rings is 1. The zero-order valence-corrected chi connectivity index (χ0v) is 13.1. The SMILES string of the molecule is Cc1cccc(N2CCN(c3nnc(CCl)o3)CC2)c1C. The standard InChI is InChI=1S/C15H19ClN4O/c1-11-4-3-5-13(12(11)2)19-6-8-20(9-7-19)15-18-17-14(10-16)21-15/h3-5H,6-10H2,1-2H3. The molecule has 0 unspecified atom stereocenters. The summed E-state index contributed by atoms with van der Waals surface area (Å²) in [6, 6.07) is 7.04. The number of rotatable bonds is 3. The third kappa shape index (κ3) is 2.83. The third-order valence-corrected chi connectivity index (χ3v) is 4.27. The van der Waals surface area contributed by atoms with Gasteiger partial charge < -0.3 is 14.2 Å². The molecular formula is C15H19ClN4O. The normalized spacial score (nSPS) is 15.6. The molecule has 112 valence electrons. The van der Waals surface area contributed by atoms with Crippen molar-refractivity contribution in [2.24, 2.45) is 0 Å². The Hall–Kier alpha value is -1.75. The van der Waals surface area contributed by atoms with Gasteiger partial charge in [0.05, 0.1) is 0 Å². The van der Waals surface area contributed by atoms with Gasteiger partial charge in [0.2, 0.25) is 5.89 Å². The van der Waals surface area contributed by atoms with Crippen LogP contribution < -0.4 is 9.80 Å². The van der Waals surface area contributed by atoms with E-state index in [-0.39, 0.29) is 5.88 Å². The molecule has 1 aromatic heterocycles. The highest BCUT2D eigenvalue weighted by molar-refractivity contribution is 6.16. The summed E-state index contributed by atoms with van der Waals surface area (Å²) in [4.78, 5) is 4.53. The van der Waals surface area contributed by atoms with Gasteiger partial charge in [-0.3, -0.25) is 0 Å². The molecule has 0 atom stereocenters. The Labute approximate surface area is 129 Å². The Kier molecular flexibility index (Phi) is 4.01. The summed E-state index contributed by atoms with van der Waals surface area (Å²) >= 11 is 5.69. The number of hydrogen-bond acceptors (Lipinski definition) is 5. The van der Waals surface area contributed by atoms with Crippen molar-refractivity contribution in [1.82, 2.24) is 10.2 Å². The maximum Gasteiger partial charge on any atom is 0.318 e. The minimum Gasteiger partial charge on any atom is -0.407 e. The molecule has 0 aliphatic carbocycles. The van der Waals surface area contributed by atoms with Gasteiger partial charge in [0.25, 0.3) is 0 Å². The van der Waals surface area contributed by atoms with Crippen LogP contribution in [-0.4, -0.2) is 36.4 Å². The van der Waals surface area contributed by atoms with Crippen LogP contribution in [-0.2, 0) is 5.88 Å². The second-order valence-electron chi connectivity index (χ2n) is 5.31. The molecular weight excluding hydrogens is 288 g/mol. The predicted octanol–water partition coefficient (Wildman–Crippen LogP) is 2.75. The lowest BCUT2D eigenvalue weighted by molar-refractivity contribution is 0.488. The fraction of sp³-hybridized carbons (Fsp3) is 0.467. The summed E-state index contributed by atoms with van der Waals surface area (Å²) in [6.07, 6.45) is 0. The van der Waals surface area contributed by atoms with Crippen molar-refractivity contribution < 1.29 is 4.42 Å². The molecule has 1 aromatic carbocycles. The first-order valence-electron chi connectivity index (χ1n) is 7.13. The van der Waals surface area contributed by atoms with Gasteiger partial charge >= 0.3 is 6.01 Å². The van der Waals surface area contributed by atoms with Crippen LogP contribution in [0, 0.1) is 13.8 Å². The number of nitrogens with zero attached hydrogens (tertiary/aromatic N) is 4. The molecule has 6 heteroatoms.